The first-order chi connectivity index (χ1) is 14.9. The summed E-state index contributed by atoms with van der Waals surface area (Å²) in [6, 6.07) is 11.6. The number of amides is 1. The predicted molar refractivity (Wildman–Crippen MR) is 118 cm³/mol. The summed E-state index contributed by atoms with van der Waals surface area (Å²) in [4.78, 5) is 25.7. The zero-order valence-corrected chi connectivity index (χ0v) is 18.2. The maximum atomic E-state index is 12.8. The van der Waals surface area contributed by atoms with Crippen LogP contribution in [0.3, 0.4) is 0 Å². The van der Waals surface area contributed by atoms with E-state index in [1.165, 1.54) is 18.6 Å². The average Bonchev–Trinajstić information content (AvgIpc) is 2.75. The van der Waals surface area contributed by atoms with Crippen LogP contribution in [0.5, 0.6) is 11.6 Å². The maximum Gasteiger partial charge on any atom is 0.257 e. The highest BCUT2D eigenvalue weighted by molar-refractivity contribution is 7.84. The molecule has 0 saturated heterocycles. The van der Waals surface area contributed by atoms with Gasteiger partial charge in [0.05, 0.1) is 6.61 Å². The van der Waals surface area contributed by atoms with Crippen molar-refractivity contribution >= 4 is 28.3 Å². The van der Waals surface area contributed by atoms with Crippen molar-refractivity contribution in [2.24, 2.45) is 0 Å². The topological polar surface area (TPSA) is 115 Å². The van der Waals surface area contributed by atoms with E-state index in [9.17, 15) is 9.00 Å². The van der Waals surface area contributed by atoms with E-state index >= 15 is 0 Å². The van der Waals surface area contributed by atoms with Crippen LogP contribution in [0.4, 0.5) is 11.6 Å². The monoisotopic (exact) mass is 441 g/mol. The zero-order chi connectivity index (χ0) is 22.2. The van der Waals surface area contributed by atoms with Gasteiger partial charge in [0.25, 0.3) is 5.91 Å². The molecule has 3 rings (SSSR count). The summed E-state index contributed by atoms with van der Waals surface area (Å²) in [5.74, 6) is 1.20. The molecule has 0 spiro atoms. The van der Waals surface area contributed by atoms with Gasteiger partial charge in [0.1, 0.15) is 23.7 Å². The number of carbonyl (C=O) groups excluding carboxylic acids is 1. The van der Waals surface area contributed by atoms with Gasteiger partial charge in [0, 0.05) is 52.9 Å². The number of pyridine rings is 1. The molecule has 0 saturated carbocycles. The van der Waals surface area contributed by atoms with Crippen LogP contribution < -0.4 is 15.4 Å². The molecule has 1 aromatic carbocycles. The first-order valence-corrected chi connectivity index (χ1v) is 11.0. The van der Waals surface area contributed by atoms with E-state index in [2.05, 4.69) is 25.6 Å². The highest BCUT2D eigenvalue weighted by atomic mass is 32.2. The maximum absolute atomic E-state index is 12.8. The van der Waals surface area contributed by atoms with Crippen LogP contribution in [0, 0.1) is 0 Å². The second-order valence-electron chi connectivity index (χ2n) is 6.66. The molecule has 2 atom stereocenters. The predicted octanol–water partition coefficient (Wildman–Crippen LogP) is 3.10. The van der Waals surface area contributed by atoms with E-state index in [1.54, 1.807) is 49.8 Å². The van der Waals surface area contributed by atoms with Crippen LogP contribution in [0.25, 0.3) is 0 Å². The highest BCUT2D eigenvalue weighted by Crippen LogP contribution is 2.24. The van der Waals surface area contributed by atoms with Gasteiger partial charge in [-0.1, -0.05) is 0 Å². The molecule has 2 unspecified atom stereocenters. The first-order valence-electron chi connectivity index (χ1n) is 9.41. The Hall–Kier alpha value is -3.37. The van der Waals surface area contributed by atoms with Gasteiger partial charge in [-0.3, -0.25) is 9.00 Å². The molecule has 0 aliphatic carbocycles. The molecule has 0 aliphatic heterocycles. The summed E-state index contributed by atoms with van der Waals surface area (Å²) in [6.07, 6.45) is 4.50. The molecule has 1 amide bonds. The fourth-order valence-corrected chi connectivity index (χ4v) is 3.20. The summed E-state index contributed by atoms with van der Waals surface area (Å²) < 4.78 is 22.6. The van der Waals surface area contributed by atoms with Crippen LogP contribution in [-0.4, -0.2) is 51.1 Å². The summed E-state index contributed by atoms with van der Waals surface area (Å²) in [7, 11) is 0.528. The number of carbonyl (C=O) groups is 1. The number of hydrogen-bond donors (Lipinski definition) is 2. The smallest absolute Gasteiger partial charge is 0.257 e. The van der Waals surface area contributed by atoms with Gasteiger partial charge in [-0.15, -0.1) is 0 Å². The quantitative estimate of drug-likeness (QED) is 0.520. The minimum absolute atomic E-state index is 0.0376. The molecule has 10 heteroatoms. The van der Waals surface area contributed by atoms with Crippen LogP contribution >= 0.6 is 0 Å². The standard InChI is InChI=1S/C21H23N5O4S/c1-14(12-29-2)24-19-10-15(21(27)26-18-8-9-22-13-23-18)11-20(25-19)30-16-4-6-17(7-5-16)31(3)28/h4-11,13-14H,12H2,1-3H3,(H,24,25)(H,22,23,26,27). The first kappa shape index (κ1) is 22.3. The van der Waals surface area contributed by atoms with Crippen LogP contribution in [0.1, 0.15) is 17.3 Å². The molecular weight excluding hydrogens is 418 g/mol. The van der Waals surface area contributed by atoms with Crippen molar-refractivity contribution in [3.05, 3.63) is 60.6 Å². The Morgan fingerprint density at radius 2 is 1.94 bits per heavy atom. The summed E-state index contributed by atoms with van der Waals surface area (Å²) >= 11 is 0. The number of methoxy groups -OCH3 is 1. The normalized spacial score (nSPS) is 12.6. The van der Waals surface area contributed by atoms with Gasteiger partial charge in [-0.2, -0.15) is 4.98 Å². The Kier molecular flexibility index (Phi) is 7.63. The average molecular weight is 442 g/mol. The SMILES string of the molecule is COCC(C)Nc1cc(C(=O)Nc2ccncn2)cc(Oc2ccc(S(C)=O)cc2)n1. The van der Waals surface area contributed by atoms with Gasteiger partial charge in [0.15, 0.2) is 0 Å². The number of benzene rings is 1. The lowest BCUT2D eigenvalue weighted by Crippen LogP contribution is -2.22. The van der Waals surface area contributed by atoms with E-state index in [-0.39, 0.29) is 17.8 Å². The zero-order valence-electron chi connectivity index (χ0n) is 17.4. The van der Waals surface area contributed by atoms with Crippen LogP contribution in [0.2, 0.25) is 0 Å². The van der Waals surface area contributed by atoms with Crippen molar-refractivity contribution in [1.29, 1.82) is 0 Å². The molecule has 162 valence electrons. The van der Waals surface area contributed by atoms with E-state index in [4.69, 9.17) is 9.47 Å². The van der Waals surface area contributed by atoms with Gasteiger partial charge < -0.3 is 20.1 Å². The minimum atomic E-state index is -1.08. The summed E-state index contributed by atoms with van der Waals surface area (Å²) in [5.41, 5.74) is 0.335. The van der Waals surface area contributed by atoms with E-state index < -0.39 is 10.8 Å². The number of anilines is 2. The minimum Gasteiger partial charge on any atom is -0.439 e. The molecule has 0 fully saturated rings. The fraction of sp³-hybridized carbons (Fsp3) is 0.238. The van der Waals surface area contributed by atoms with Gasteiger partial charge >= 0.3 is 0 Å². The Morgan fingerprint density at radius 1 is 1.16 bits per heavy atom. The number of rotatable bonds is 9. The van der Waals surface area contributed by atoms with Crippen molar-refractivity contribution < 1.29 is 18.5 Å². The highest BCUT2D eigenvalue weighted by Gasteiger charge is 2.14. The second-order valence-corrected chi connectivity index (χ2v) is 8.04. The van der Waals surface area contributed by atoms with E-state index in [1.807, 2.05) is 6.92 Å². The largest absolute Gasteiger partial charge is 0.439 e. The molecule has 2 N–H and O–H groups in total. The van der Waals surface area contributed by atoms with Crippen molar-refractivity contribution in [3.8, 4) is 11.6 Å². The Morgan fingerprint density at radius 3 is 2.58 bits per heavy atom. The van der Waals surface area contributed by atoms with E-state index in [0.29, 0.717) is 34.5 Å². The van der Waals surface area contributed by atoms with Crippen LogP contribution in [0.15, 0.2) is 59.9 Å². The fourth-order valence-electron chi connectivity index (χ4n) is 2.68. The van der Waals surface area contributed by atoms with Crippen molar-refractivity contribution in [1.82, 2.24) is 15.0 Å². The number of hydrogen-bond acceptors (Lipinski definition) is 8. The van der Waals surface area contributed by atoms with Crippen molar-refractivity contribution in [3.63, 3.8) is 0 Å². The van der Waals surface area contributed by atoms with Gasteiger partial charge in [-0.05, 0) is 43.3 Å². The molecule has 2 aromatic heterocycles. The molecule has 31 heavy (non-hydrogen) atoms. The summed E-state index contributed by atoms with van der Waals surface area (Å²) in [5, 5.41) is 5.91. The van der Waals surface area contributed by atoms with Gasteiger partial charge in [0.2, 0.25) is 5.88 Å². The molecular formula is C21H23N5O4S. The van der Waals surface area contributed by atoms with Crippen molar-refractivity contribution in [2.45, 2.75) is 17.9 Å². The third kappa shape index (κ3) is 6.56. The van der Waals surface area contributed by atoms with Gasteiger partial charge in [-0.25, -0.2) is 9.97 Å². The lowest BCUT2D eigenvalue weighted by Gasteiger charge is -2.16. The third-order valence-corrected chi connectivity index (χ3v) is 5.01. The second kappa shape index (κ2) is 10.6. The summed E-state index contributed by atoms with van der Waals surface area (Å²) in [6.45, 7) is 2.40. The Bertz CT molecular complexity index is 1050. The molecule has 3 aromatic rings. The number of aromatic nitrogens is 3. The lowest BCUT2D eigenvalue weighted by molar-refractivity contribution is 0.102. The number of nitrogens with zero attached hydrogens (tertiary/aromatic N) is 3. The number of nitrogens with one attached hydrogen (secondary N) is 2. The molecule has 0 radical (unpaired) electrons. The van der Waals surface area contributed by atoms with Crippen LogP contribution in [-0.2, 0) is 15.5 Å². The molecule has 2 heterocycles. The van der Waals surface area contributed by atoms with Crippen molar-refractivity contribution in [2.75, 3.05) is 30.6 Å². The lowest BCUT2D eigenvalue weighted by atomic mass is 10.2. The molecule has 9 nitrogen and oxygen atoms in total. The molecule has 0 bridgehead atoms. The van der Waals surface area contributed by atoms with E-state index in [0.717, 1.165) is 0 Å². The molecule has 0 aliphatic rings. The number of ether oxygens (including phenoxy) is 2. The third-order valence-electron chi connectivity index (χ3n) is 4.08. The Labute approximate surface area is 182 Å². The Balaban J connectivity index is 1.86.